The van der Waals surface area contributed by atoms with Gasteiger partial charge in [-0.15, -0.1) is 0 Å². The highest BCUT2D eigenvalue weighted by Gasteiger charge is 2.58. The number of ketones is 2. The fraction of sp³-hybridized carbons (Fsp3) is 0.304. The summed E-state index contributed by atoms with van der Waals surface area (Å²) in [5, 5.41) is 2.21. The molecular formula is C23H23NO6. The van der Waals surface area contributed by atoms with Crippen molar-refractivity contribution in [3.8, 4) is 0 Å². The van der Waals surface area contributed by atoms with Crippen LogP contribution in [0.25, 0.3) is 0 Å². The molecule has 0 saturated carbocycles. The molecule has 156 valence electrons. The first-order valence-corrected chi connectivity index (χ1v) is 9.62. The maximum absolute atomic E-state index is 12.9. The molecule has 0 aromatic heterocycles. The van der Waals surface area contributed by atoms with E-state index in [-0.39, 0.29) is 11.1 Å². The molecule has 0 aliphatic heterocycles. The number of nitrogens with one attached hydrogen (secondary N) is 1. The van der Waals surface area contributed by atoms with Crippen molar-refractivity contribution in [1.82, 2.24) is 5.32 Å². The Kier molecular flexibility index (Phi) is 5.73. The molecule has 30 heavy (non-hydrogen) atoms. The molecule has 0 saturated heterocycles. The van der Waals surface area contributed by atoms with Crippen molar-refractivity contribution < 1.29 is 28.7 Å². The maximum atomic E-state index is 12.9. The highest BCUT2D eigenvalue weighted by Crippen LogP contribution is 2.32. The van der Waals surface area contributed by atoms with Crippen LogP contribution in [0.2, 0.25) is 0 Å². The van der Waals surface area contributed by atoms with Gasteiger partial charge in [0.1, 0.15) is 6.10 Å². The monoisotopic (exact) mass is 409 g/mol. The largest absolute Gasteiger partial charge is 0.511 e. The number of carbonyl (C=O) groups is 4. The number of benzene rings is 2. The normalized spacial score (nSPS) is 15.5. The van der Waals surface area contributed by atoms with Crippen LogP contribution >= 0.6 is 0 Å². The third kappa shape index (κ3) is 3.83. The smallest absolute Gasteiger partial charge is 0.426 e. The van der Waals surface area contributed by atoms with E-state index in [9.17, 15) is 19.2 Å². The first kappa shape index (κ1) is 21.2. The van der Waals surface area contributed by atoms with Gasteiger partial charge in [-0.25, -0.2) is 4.79 Å². The van der Waals surface area contributed by atoms with Crippen LogP contribution in [-0.4, -0.2) is 29.4 Å². The molecule has 1 unspecified atom stereocenters. The van der Waals surface area contributed by atoms with Gasteiger partial charge >= 0.3 is 11.9 Å². The van der Waals surface area contributed by atoms with E-state index < -0.39 is 35.5 Å². The molecule has 1 N–H and O–H groups in total. The molecule has 0 spiro atoms. The fourth-order valence-electron chi connectivity index (χ4n) is 3.37. The van der Waals surface area contributed by atoms with Crippen molar-refractivity contribution in [2.24, 2.45) is 0 Å². The number of hydrogen-bond donors (Lipinski definition) is 1. The van der Waals surface area contributed by atoms with Crippen LogP contribution in [0.15, 0.2) is 48.5 Å². The molecule has 0 radical (unpaired) electrons. The molecule has 7 heteroatoms. The zero-order valence-electron chi connectivity index (χ0n) is 17.2. The van der Waals surface area contributed by atoms with Crippen molar-refractivity contribution in [2.75, 3.05) is 0 Å². The molecule has 1 aliphatic carbocycles. The minimum absolute atomic E-state index is 0.0710. The summed E-state index contributed by atoms with van der Waals surface area (Å²) >= 11 is 0. The van der Waals surface area contributed by atoms with Crippen LogP contribution in [0.5, 0.6) is 0 Å². The summed E-state index contributed by atoms with van der Waals surface area (Å²) in [5.74, 6) is -2.04. The van der Waals surface area contributed by atoms with Gasteiger partial charge in [0.25, 0.3) is 0 Å². The second kappa shape index (κ2) is 8.10. The van der Waals surface area contributed by atoms with E-state index in [2.05, 4.69) is 5.32 Å². The van der Waals surface area contributed by atoms with E-state index in [1.165, 1.54) is 12.1 Å². The Morgan fingerprint density at radius 3 is 2.00 bits per heavy atom. The molecule has 1 amide bonds. The molecule has 3 rings (SSSR count). The number of ether oxygens (including phenoxy) is 2. The van der Waals surface area contributed by atoms with Gasteiger partial charge in [0.05, 0.1) is 0 Å². The van der Waals surface area contributed by atoms with Crippen LogP contribution in [0.1, 0.15) is 71.6 Å². The van der Waals surface area contributed by atoms with Crippen molar-refractivity contribution in [3.05, 3.63) is 70.8 Å². The summed E-state index contributed by atoms with van der Waals surface area (Å²) in [5.41, 5.74) is -0.517. The summed E-state index contributed by atoms with van der Waals surface area (Å²) in [4.78, 5) is 50.1. The van der Waals surface area contributed by atoms with Crippen molar-refractivity contribution >= 4 is 23.6 Å². The third-order valence-corrected chi connectivity index (χ3v) is 4.96. The van der Waals surface area contributed by atoms with E-state index in [4.69, 9.17) is 9.47 Å². The molecule has 2 aromatic carbocycles. The Labute approximate surface area is 174 Å². The van der Waals surface area contributed by atoms with Gasteiger partial charge in [-0.1, -0.05) is 62.4 Å². The molecule has 1 aliphatic rings. The third-order valence-electron chi connectivity index (χ3n) is 4.96. The van der Waals surface area contributed by atoms with E-state index >= 15 is 0 Å². The van der Waals surface area contributed by atoms with Gasteiger partial charge in [0, 0.05) is 18.1 Å². The summed E-state index contributed by atoms with van der Waals surface area (Å²) < 4.78 is 10.5. The van der Waals surface area contributed by atoms with Gasteiger partial charge in [0.15, 0.2) is 0 Å². The van der Waals surface area contributed by atoms with Gasteiger partial charge in [-0.2, -0.15) is 0 Å². The van der Waals surface area contributed by atoms with Crippen LogP contribution in [0.4, 0.5) is 4.79 Å². The first-order valence-electron chi connectivity index (χ1n) is 9.62. The Morgan fingerprint density at radius 1 is 0.900 bits per heavy atom. The Bertz CT molecular complexity index is 991. The molecule has 0 heterocycles. The summed E-state index contributed by atoms with van der Waals surface area (Å²) in [7, 11) is 0. The average molecular weight is 409 g/mol. The van der Waals surface area contributed by atoms with Crippen molar-refractivity contribution in [1.29, 1.82) is 0 Å². The van der Waals surface area contributed by atoms with Crippen molar-refractivity contribution in [3.63, 3.8) is 0 Å². The lowest BCUT2D eigenvalue weighted by Gasteiger charge is -2.26. The maximum Gasteiger partial charge on any atom is 0.511 e. The number of fused-ring (bicyclic) bond motifs is 1. The van der Waals surface area contributed by atoms with E-state index in [0.29, 0.717) is 5.92 Å². The van der Waals surface area contributed by atoms with E-state index in [1.54, 1.807) is 25.1 Å². The lowest BCUT2D eigenvalue weighted by molar-refractivity contribution is -0.124. The minimum Gasteiger partial charge on any atom is -0.426 e. The zero-order chi connectivity index (χ0) is 22.1. The zero-order valence-corrected chi connectivity index (χ0v) is 17.2. The van der Waals surface area contributed by atoms with Crippen LogP contribution in [-0.2, 0) is 14.3 Å². The van der Waals surface area contributed by atoms with E-state index in [1.807, 2.05) is 32.0 Å². The molecule has 2 aromatic rings. The summed E-state index contributed by atoms with van der Waals surface area (Å²) in [6.45, 7) is 6.87. The summed E-state index contributed by atoms with van der Waals surface area (Å²) in [6.07, 6.45) is -1.93. The SMILES string of the molecule is CC(=O)NC1(OC(=O)OC(C)c2cccc(C(C)C)c2)C(=O)c2ccccc2C1=O. The lowest BCUT2D eigenvalue weighted by atomic mass is 9.99. The predicted octanol–water partition coefficient (Wildman–Crippen LogP) is 3.94. The fourth-order valence-corrected chi connectivity index (χ4v) is 3.37. The first-order chi connectivity index (χ1) is 14.2. The van der Waals surface area contributed by atoms with Crippen LogP contribution < -0.4 is 5.32 Å². The highest BCUT2D eigenvalue weighted by molar-refractivity contribution is 6.33. The summed E-state index contributed by atoms with van der Waals surface area (Å²) in [6, 6.07) is 13.6. The van der Waals surface area contributed by atoms with Crippen LogP contribution in [0, 0.1) is 0 Å². The number of hydrogen-bond acceptors (Lipinski definition) is 6. The quantitative estimate of drug-likeness (QED) is 0.456. The number of Topliss-reactive ketones (excluding diaryl/α,β-unsaturated/α-hetero) is 2. The Hall–Kier alpha value is -3.48. The standard InChI is InChI=1S/C23H23NO6/c1-13(2)16-8-7-9-17(12-16)14(3)29-22(28)30-23(24-15(4)25)20(26)18-10-5-6-11-19(18)21(23)27/h5-14H,1-4H3,(H,24,25). The second-order valence-corrected chi connectivity index (χ2v) is 7.50. The lowest BCUT2D eigenvalue weighted by Crippen LogP contribution is -2.59. The average Bonchev–Trinajstić information content (AvgIpc) is 2.90. The molecule has 0 bridgehead atoms. The van der Waals surface area contributed by atoms with Gasteiger partial charge < -0.3 is 14.8 Å². The van der Waals surface area contributed by atoms with Gasteiger partial charge in [0.2, 0.25) is 17.5 Å². The van der Waals surface area contributed by atoms with Gasteiger partial charge in [-0.3, -0.25) is 14.4 Å². The van der Waals surface area contributed by atoms with Gasteiger partial charge in [-0.05, 0) is 24.0 Å². The van der Waals surface area contributed by atoms with Crippen LogP contribution in [0.3, 0.4) is 0 Å². The Balaban J connectivity index is 1.84. The number of amides is 1. The topological polar surface area (TPSA) is 98.8 Å². The van der Waals surface area contributed by atoms with Crippen molar-refractivity contribution in [2.45, 2.75) is 45.4 Å². The highest BCUT2D eigenvalue weighted by atomic mass is 16.7. The molecule has 0 fully saturated rings. The van der Waals surface area contributed by atoms with E-state index in [0.717, 1.165) is 18.1 Å². The molecular weight excluding hydrogens is 386 g/mol. The second-order valence-electron chi connectivity index (χ2n) is 7.50. The number of carbonyl (C=O) groups excluding carboxylic acids is 4. The Morgan fingerprint density at radius 2 is 1.47 bits per heavy atom. The predicted molar refractivity (Wildman–Crippen MR) is 108 cm³/mol. The minimum atomic E-state index is -2.47. The molecule has 1 atom stereocenters. The number of rotatable bonds is 5. The molecule has 7 nitrogen and oxygen atoms in total.